The second-order valence-corrected chi connectivity index (χ2v) is 7.80. The SMILES string of the molecule is O=C(Cn1nc2c3cc(F)ccc3n(Cc3ccccc3)cc-2c1=O)Nc1ccc(F)cc1F. The number of hydrogen-bond acceptors (Lipinski definition) is 3. The molecule has 2 aliphatic heterocycles. The Bertz CT molecular complexity index is 1560. The highest BCUT2D eigenvalue weighted by Gasteiger charge is 2.22. The molecule has 2 aliphatic rings. The Labute approximate surface area is 191 Å². The van der Waals surface area contributed by atoms with Crippen molar-refractivity contribution in [3.63, 3.8) is 0 Å². The fourth-order valence-corrected chi connectivity index (χ4v) is 3.88. The lowest BCUT2D eigenvalue weighted by Gasteiger charge is -2.14. The van der Waals surface area contributed by atoms with Gasteiger partial charge in [0.05, 0.1) is 16.8 Å². The minimum absolute atomic E-state index is 0.217. The van der Waals surface area contributed by atoms with Crippen molar-refractivity contribution in [2.45, 2.75) is 13.1 Å². The normalized spacial score (nSPS) is 11.3. The van der Waals surface area contributed by atoms with E-state index in [1.54, 1.807) is 12.3 Å². The van der Waals surface area contributed by atoms with E-state index >= 15 is 0 Å². The molecule has 6 nitrogen and oxygen atoms in total. The van der Waals surface area contributed by atoms with Gasteiger partial charge in [0.2, 0.25) is 5.91 Å². The van der Waals surface area contributed by atoms with E-state index in [-0.39, 0.29) is 16.9 Å². The first-order valence-corrected chi connectivity index (χ1v) is 10.4. The lowest BCUT2D eigenvalue weighted by atomic mass is 10.1. The molecule has 0 aliphatic carbocycles. The first-order valence-electron chi connectivity index (χ1n) is 10.4. The molecule has 0 saturated carbocycles. The molecular weight excluding hydrogens is 445 g/mol. The number of amides is 1. The standard InChI is InChI=1S/C25H17F3N4O2/c26-16-7-9-22-18(10-16)24-19(13-31(22)12-15-4-2-1-3-5-15)25(34)32(30-24)14-23(33)29-21-8-6-17(27)11-20(21)28/h1-11,13H,12,14H2,(H,29,33). The molecule has 0 radical (unpaired) electrons. The van der Waals surface area contributed by atoms with Gasteiger partial charge in [-0.15, -0.1) is 0 Å². The zero-order chi connectivity index (χ0) is 23.8. The van der Waals surface area contributed by atoms with Crippen LogP contribution in [0.15, 0.2) is 77.7 Å². The second kappa shape index (κ2) is 8.51. The minimum atomic E-state index is -0.940. The summed E-state index contributed by atoms with van der Waals surface area (Å²) in [7, 11) is 0. The maximum atomic E-state index is 14.1. The molecule has 3 aromatic rings. The summed E-state index contributed by atoms with van der Waals surface area (Å²) in [6.07, 6.45) is 1.63. The van der Waals surface area contributed by atoms with Crippen molar-refractivity contribution in [3.05, 3.63) is 106 Å². The number of nitrogens with zero attached hydrogens (tertiary/aromatic N) is 3. The number of halogens is 3. The Kier molecular flexibility index (Phi) is 5.37. The van der Waals surface area contributed by atoms with Crippen molar-refractivity contribution in [1.82, 2.24) is 14.3 Å². The van der Waals surface area contributed by atoms with Gasteiger partial charge in [-0.2, -0.15) is 5.10 Å². The topological polar surface area (TPSA) is 68.9 Å². The third-order valence-electron chi connectivity index (χ3n) is 5.44. The molecule has 3 aromatic carbocycles. The number of rotatable bonds is 5. The van der Waals surface area contributed by atoms with Gasteiger partial charge >= 0.3 is 0 Å². The summed E-state index contributed by atoms with van der Waals surface area (Å²) in [6, 6.07) is 16.5. The highest BCUT2D eigenvalue weighted by molar-refractivity contribution is 5.94. The summed E-state index contributed by atoms with van der Waals surface area (Å²) in [5.41, 5.74) is 1.36. The fraction of sp³-hybridized carbons (Fsp3) is 0.0800. The predicted octanol–water partition coefficient (Wildman–Crippen LogP) is 4.41. The van der Waals surface area contributed by atoms with E-state index in [0.717, 1.165) is 22.4 Å². The van der Waals surface area contributed by atoms with Gasteiger partial charge in [-0.05, 0) is 35.9 Å². The Hall–Kier alpha value is -4.40. The maximum Gasteiger partial charge on any atom is 0.278 e. The van der Waals surface area contributed by atoms with Gasteiger partial charge in [0.25, 0.3) is 5.56 Å². The summed E-state index contributed by atoms with van der Waals surface area (Å²) in [5.74, 6) is -2.93. The molecule has 170 valence electrons. The summed E-state index contributed by atoms with van der Waals surface area (Å²) >= 11 is 0. The van der Waals surface area contributed by atoms with Gasteiger partial charge in [-0.3, -0.25) is 9.59 Å². The summed E-state index contributed by atoms with van der Waals surface area (Å²) < 4.78 is 43.8. The van der Waals surface area contributed by atoms with E-state index in [1.807, 2.05) is 34.9 Å². The van der Waals surface area contributed by atoms with Gasteiger partial charge in [0, 0.05) is 24.2 Å². The van der Waals surface area contributed by atoms with Crippen molar-refractivity contribution >= 4 is 22.5 Å². The van der Waals surface area contributed by atoms with Crippen LogP contribution in [0.2, 0.25) is 0 Å². The summed E-state index contributed by atoms with van der Waals surface area (Å²) in [4.78, 5) is 25.5. The smallest absolute Gasteiger partial charge is 0.278 e. The van der Waals surface area contributed by atoms with Crippen molar-refractivity contribution in [3.8, 4) is 11.3 Å². The molecule has 9 heteroatoms. The molecule has 2 heterocycles. The van der Waals surface area contributed by atoms with Crippen LogP contribution in [0.3, 0.4) is 0 Å². The zero-order valence-corrected chi connectivity index (χ0v) is 17.6. The van der Waals surface area contributed by atoms with E-state index < -0.39 is 35.5 Å². The molecule has 0 bridgehead atoms. The molecule has 34 heavy (non-hydrogen) atoms. The maximum absolute atomic E-state index is 14.1. The van der Waals surface area contributed by atoms with E-state index in [2.05, 4.69) is 10.4 Å². The zero-order valence-electron chi connectivity index (χ0n) is 17.6. The lowest BCUT2D eigenvalue weighted by Crippen LogP contribution is -2.26. The van der Waals surface area contributed by atoms with Crippen molar-refractivity contribution in [1.29, 1.82) is 0 Å². The molecule has 0 fully saturated rings. The van der Waals surface area contributed by atoms with Gasteiger partial charge in [-0.25, -0.2) is 17.9 Å². The van der Waals surface area contributed by atoms with Crippen molar-refractivity contribution in [2.24, 2.45) is 0 Å². The molecule has 0 unspecified atom stereocenters. The first-order chi connectivity index (χ1) is 16.4. The Morgan fingerprint density at radius 2 is 1.68 bits per heavy atom. The molecule has 0 aromatic heterocycles. The van der Waals surface area contributed by atoms with Crippen molar-refractivity contribution < 1.29 is 18.0 Å². The van der Waals surface area contributed by atoms with Crippen LogP contribution in [0, 0.1) is 17.5 Å². The Morgan fingerprint density at radius 1 is 0.941 bits per heavy atom. The molecule has 5 rings (SSSR count). The third kappa shape index (κ3) is 4.03. The molecular formula is C25H17F3N4O2. The highest BCUT2D eigenvalue weighted by atomic mass is 19.1. The van der Waals surface area contributed by atoms with Gasteiger partial charge in [-0.1, -0.05) is 30.3 Å². The van der Waals surface area contributed by atoms with E-state index in [9.17, 15) is 22.8 Å². The second-order valence-electron chi connectivity index (χ2n) is 7.80. The first kappa shape index (κ1) is 21.4. The van der Waals surface area contributed by atoms with Crippen LogP contribution < -0.4 is 10.9 Å². The van der Waals surface area contributed by atoms with Crippen LogP contribution in [0.5, 0.6) is 0 Å². The number of anilines is 1. The van der Waals surface area contributed by atoms with Gasteiger partial charge < -0.3 is 9.88 Å². The van der Waals surface area contributed by atoms with E-state index in [0.29, 0.717) is 23.5 Å². The molecule has 1 N–H and O–H groups in total. The van der Waals surface area contributed by atoms with E-state index in [4.69, 9.17) is 0 Å². The largest absolute Gasteiger partial charge is 0.342 e. The number of fused-ring (bicyclic) bond motifs is 3. The van der Waals surface area contributed by atoms with E-state index in [1.165, 1.54) is 12.1 Å². The molecule has 0 spiro atoms. The highest BCUT2D eigenvalue weighted by Crippen LogP contribution is 2.28. The summed E-state index contributed by atoms with van der Waals surface area (Å²) in [6.45, 7) is -0.0618. The number of nitrogens with one attached hydrogen (secondary N) is 1. The van der Waals surface area contributed by atoms with Crippen LogP contribution in [0.1, 0.15) is 5.56 Å². The third-order valence-corrected chi connectivity index (χ3v) is 5.44. The molecule has 1 amide bonds. The van der Waals surface area contributed by atoms with Gasteiger partial charge in [0.15, 0.2) is 0 Å². The Morgan fingerprint density at radius 3 is 2.44 bits per heavy atom. The average molecular weight is 462 g/mol. The lowest BCUT2D eigenvalue weighted by molar-refractivity contribution is -0.117. The van der Waals surface area contributed by atoms with Crippen LogP contribution in [0.25, 0.3) is 22.2 Å². The number of carbonyl (C=O) groups is 1. The van der Waals surface area contributed by atoms with Crippen LogP contribution in [0.4, 0.5) is 18.9 Å². The van der Waals surface area contributed by atoms with Crippen LogP contribution >= 0.6 is 0 Å². The number of carbonyl (C=O) groups excluding carboxylic acids is 1. The number of benzene rings is 3. The Balaban J connectivity index is 1.54. The van der Waals surface area contributed by atoms with Crippen molar-refractivity contribution in [2.75, 3.05) is 5.32 Å². The molecule has 0 atom stereocenters. The number of hydrogen-bond donors (Lipinski definition) is 1. The van der Waals surface area contributed by atoms with Crippen LogP contribution in [-0.2, 0) is 17.9 Å². The number of aromatic nitrogens is 3. The van der Waals surface area contributed by atoms with Gasteiger partial charge in [0.1, 0.15) is 29.7 Å². The quantitative estimate of drug-likeness (QED) is 0.421. The fourth-order valence-electron chi connectivity index (χ4n) is 3.88. The summed E-state index contributed by atoms with van der Waals surface area (Å²) in [5, 5.41) is 6.98. The van der Waals surface area contributed by atoms with Crippen LogP contribution in [-0.4, -0.2) is 20.3 Å². The monoisotopic (exact) mass is 462 g/mol. The number of pyridine rings is 1. The minimum Gasteiger partial charge on any atom is -0.342 e. The predicted molar refractivity (Wildman–Crippen MR) is 121 cm³/mol. The average Bonchev–Trinajstić information content (AvgIpc) is 3.12. The molecule has 0 saturated heterocycles.